The number of imidazole rings is 1. The third-order valence-electron chi connectivity index (χ3n) is 6.01. The molecule has 2 aromatic heterocycles. The van der Waals surface area contributed by atoms with E-state index in [1.54, 1.807) is 24.3 Å². The van der Waals surface area contributed by atoms with Gasteiger partial charge in [0, 0.05) is 17.5 Å². The van der Waals surface area contributed by atoms with E-state index in [1.807, 2.05) is 30.3 Å². The number of hydrogen-bond donors (Lipinski definition) is 4. The first-order chi connectivity index (χ1) is 17.5. The van der Waals surface area contributed by atoms with Gasteiger partial charge in [0.05, 0.1) is 6.61 Å². The number of carbonyl (C=O) groups is 1. The summed E-state index contributed by atoms with van der Waals surface area (Å²) >= 11 is 0. The first-order valence-electron chi connectivity index (χ1n) is 11.3. The summed E-state index contributed by atoms with van der Waals surface area (Å²) in [4.78, 5) is 25.0. The fraction of sp³-hybridized carbons (Fsp3) is 0.231. The van der Waals surface area contributed by atoms with Gasteiger partial charge in [-0.1, -0.05) is 48.4 Å². The third kappa shape index (κ3) is 4.44. The topological polar surface area (TPSA) is 157 Å². The van der Waals surface area contributed by atoms with E-state index >= 15 is 0 Å². The monoisotopic (exact) mass is 485 g/mol. The minimum Gasteiger partial charge on any atom is -0.394 e. The normalized spacial score (nSPS) is 21.3. The maximum atomic E-state index is 12.5. The molecule has 3 heterocycles. The number of nitrogen functional groups attached to an aromatic ring is 1. The Bertz CT molecular complexity index is 1460. The second kappa shape index (κ2) is 9.85. The number of anilines is 1. The van der Waals surface area contributed by atoms with Crippen molar-refractivity contribution in [2.24, 2.45) is 0 Å². The highest BCUT2D eigenvalue weighted by molar-refractivity contribution is 5.97. The largest absolute Gasteiger partial charge is 0.394 e. The van der Waals surface area contributed by atoms with Gasteiger partial charge in [-0.3, -0.25) is 9.36 Å². The molecule has 1 fully saturated rings. The van der Waals surface area contributed by atoms with Crippen molar-refractivity contribution in [2.45, 2.75) is 31.0 Å². The van der Waals surface area contributed by atoms with E-state index in [2.05, 4.69) is 26.8 Å². The number of aliphatic hydroxyl groups excluding tert-OH is 3. The van der Waals surface area contributed by atoms with E-state index < -0.39 is 31.1 Å². The van der Waals surface area contributed by atoms with Crippen LogP contribution in [0.5, 0.6) is 0 Å². The van der Waals surface area contributed by atoms with Crippen molar-refractivity contribution in [1.29, 1.82) is 0 Å². The van der Waals surface area contributed by atoms with Crippen molar-refractivity contribution in [3.05, 3.63) is 83.4 Å². The number of benzene rings is 2. The average molecular weight is 486 g/mol. The molecular weight excluding hydrogens is 462 g/mol. The van der Waals surface area contributed by atoms with Crippen LogP contribution < -0.4 is 5.73 Å². The van der Waals surface area contributed by atoms with Crippen LogP contribution in [0.3, 0.4) is 0 Å². The molecule has 10 nitrogen and oxygen atoms in total. The summed E-state index contributed by atoms with van der Waals surface area (Å²) < 4.78 is 7.12. The lowest BCUT2D eigenvalue weighted by Gasteiger charge is -2.17. The Morgan fingerprint density at radius 3 is 2.47 bits per heavy atom. The minimum atomic E-state index is -1.35. The summed E-state index contributed by atoms with van der Waals surface area (Å²) in [5.74, 6) is 6.31. The molecule has 5 rings (SSSR count). The zero-order chi connectivity index (χ0) is 25.2. The Balaban J connectivity index is 1.44. The molecule has 1 saturated heterocycles. The van der Waals surface area contributed by atoms with Crippen LogP contribution in [-0.2, 0) is 11.2 Å². The van der Waals surface area contributed by atoms with Crippen molar-refractivity contribution in [1.82, 2.24) is 19.5 Å². The molecule has 0 bridgehead atoms. The summed E-state index contributed by atoms with van der Waals surface area (Å²) in [6.45, 7) is -0.474. The lowest BCUT2D eigenvalue weighted by atomic mass is 10.0. The summed E-state index contributed by atoms with van der Waals surface area (Å²) in [5, 5.41) is 30.3. The molecule has 0 aliphatic carbocycles. The van der Waals surface area contributed by atoms with Crippen molar-refractivity contribution >= 4 is 22.8 Å². The van der Waals surface area contributed by atoms with Crippen LogP contribution >= 0.6 is 0 Å². The molecule has 0 unspecified atom stereocenters. The van der Waals surface area contributed by atoms with E-state index in [0.29, 0.717) is 11.1 Å². The summed E-state index contributed by atoms with van der Waals surface area (Å²) in [6.07, 6.45) is -3.19. The van der Waals surface area contributed by atoms with Gasteiger partial charge in [0.15, 0.2) is 34.8 Å². The van der Waals surface area contributed by atoms with E-state index in [-0.39, 0.29) is 35.0 Å². The van der Waals surface area contributed by atoms with Crippen molar-refractivity contribution in [2.75, 3.05) is 12.3 Å². The van der Waals surface area contributed by atoms with Gasteiger partial charge in [0.25, 0.3) is 0 Å². The Kier molecular flexibility index (Phi) is 6.45. The van der Waals surface area contributed by atoms with Crippen molar-refractivity contribution in [3.8, 4) is 11.8 Å². The quantitative estimate of drug-likeness (QED) is 0.238. The Morgan fingerprint density at radius 2 is 1.78 bits per heavy atom. The van der Waals surface area contributed by atoms with Gasteiger partial charge in [0.2, 0.25) is 0 Å². The van der Waals surface area contributed by atoms with Gasteiger partial charge >= 0.3 is 0 Å². The molecule has 2 aromatic carbocycles. The maximum absolute atomic E-state index is 12.5. The molecule has 0 amide bonds. The van der Waals surface area contributed by atoms with Gasteiger partial charge in [-0.2, -0.15) is 0 Å². The van der Waals surface area contributed by atoms with Crippen molar-refractivity contribution < 1.29 is 24.9 Å². The lowest BCUT2D eigenvalue weighted by Crippen LogP contribution is -2.33. The molecule has 0 spiro atoms. The molecule has 1 aliphatic heterocycles. The highest BCUT2D eigenvalue weighted by Gasteiger charge is 2.44. The second-order valence-electron chi connectivity index (χ2n) is 8.38. The first-order valence-corrected chi connectivity index (χ1v) is 11.3. The van der Waals surface area contributed by atoms with Crippen LogP contribution in [0.1, 0.15) is 33.5 Å². The van der Waals surface area contributed by atoms with Gasteiger partial charge in [-0.15, -0.1) is 0 Å². The Morgan fingerprint density at radius 1 is 1.03 bits per heavy atom. The average Bonchev–Trinajstić information content (AvgIpc) is 3.41. The first kappa shape index (κ1) is 23.6. The molecule has 1 aliphatic rings. The molecule has 10 heteroatoms. The standard InChI is InChI=1S/C26H23N5O5/c27-24-21-25(29-14-28-24)31(26-23(35)22(34)19(13-32)36-26)20(30-21)11-10-15-6-8-16(9-7-15)12-18(33)17-4-2-1-3-5-17/h1-9,14,19,22-23,26,32,34-35H,12-13H2,(H2,27,28,29)/t19-,22-,23-,26-/m1/s1. The molecular formula is C26H23N5O5. The number of Topliss-reactive ketones (excluding diaryl/α,β-unsaturated/α-hetero) is 1. The Labute approximate surface area is 206 Å². The van der Waals surface area contributed by atoms with E-state index in [4.69, 9.17) is 10.5 Å². The fourth-order valence-corrected chi connectivity index (χ4v) is 4.09. The zero-order valence-corrected chi connectivity index (χ0v) is 19.0. The number of ether oxygens (including phenoxy) is 1. The third-order valence-corrected chi connectivity index (χ3v) is 6.01. The fourth-order valence-electron chi connectivity index (χ4n) is 4.09. The van der Waals surface area contributed by atoms with E-state index in [1.165, 1.54) is 10.9 Å². The van der Waals surface area contributed by atoms with Gasteiger partial charge in [0.1, 0.15) is 24.6 Å². The van der Waals surface area contributed by atoms with E-state index in [9.17, 15) is 20.1 Å². The molecule has 4 aromatic rings. The maximum Gasteiger partial charge on any atom is 0.190 e. The smallest absolute Gasteiger partial charge is 0.190 e. The number of nitrogens with zero attached hydrogens (tertiary/aromatic N) is 4. The SMILES string of the molecule is Nc1ncnc2c1nc(C#Cc1ccc(CC(=O)c3ccccc3)cc1)n2[C@@H]1O[C@H](CO)[C@@H](O)[C@H]1O. The number of carbonyl (C=O) groups excluding carboxylic acids is 1. The van der Waals surface area contributed by atoms with Crippen LogP contribution in [0, 0.1) is 11.8 Å². The second-order valence-corrected chi connectivity index (χ2v) is 8.38. The molecule has 0 radical (unpaired) electrons. The number of aliphatic hydroxyl groups is 3. The number of fused-ring (bicyclic) bond motifs is 1. The number of rotatable bonds is 5. The molecule has 0 saturated carbocycles. The number of hydrogen-bond acceptors (Lipinski definition) is 9. The molecule has 182 valence electrons. The predicted molar refractivity (Wildman–Crippen MR) is 130 cm³/mol. The van der Waals surface area contributed by atoms with Crippen LogP contribution in [0.2, 0.25) is 0 Å². The van der Waals surface area contributed by atoms with Gasteiger partial charge in [-0.25, -0.2) is 15.0 Å². The molecule has 4 atom stereocenters. The van der Waals surface area contributed by atoms with Gasteiger partial charge < -0.3 is 25.8 Å². The van der Waals surface area contributed by atoms with Crippen LogP contribution in [0.4, 0.5) is 5.82 Å². The molecule has 5 N–H and O–H groups in total. The molecule has 36 heavy (non-hydrogen) atoms. The summed E-state index contributed by atoms with van der Waals surface area (Å²) in [7, 11) is 0. The highest BCUT2D eigenvalue weighted by Crippen LogP contribution is 2.33. The van der Waals surface area contributed by atoms with E-state index in [0.717, 1.165) is 5.56 Å². The highest BCUT2D eigenvalue weighted by atomic mass is 16.6. The number of ketones is 1. The Hall–Kier alpha value is -4.14. The number of aromatic nitrogens is 4. The summed E-state index contributed by atoms with van der Waals surface area (Å²) in [6, 6.07) is 16.4. The lowest BCUT2D eigenvalue weighted by molar-refractivity contribution is -0.0514. The van der Waals surface area contributed by atoms with Crippen LogP contribution in [0.15, 0.2) is 60.9 Å². The summed E-state index contributed by atoms with van der Waals surface area (Å²) in [5.41, 5.74) is 8.70. The zero-order valence-electron chi connectivity index (χ0n) is 19.0. The minimum absolute atomic E-state index is 0.0281. The van der Waals surface area contributed by atoms with Gasteiger partial charge in [-0.05, 0) is 23.6 Å². The number of nitrogens with two attached hydrogens (primary N) is 1. The van der Waals surface area contributed by atoms with Crippen molar-refractivity contribution in [3.63, 3.8) is 0 Å². The van der Waals surface area contributed by atoms with Crippen LogP contribution in [0.25, 0.3) is 11.2 Å². The van der Waals surface area contributed by atoms with Crippen LogP contribution in [-0.4, -0.2) is 65.5 Å². The predicted octanol–water partition coefficient (Wildman–Crippen LogP) is 0.845.